The van der Waals surface area contributed by atoms with Crippen molar-refractivity contribution in [3.63, 3.8) is 0 Å². The highest BCUT2D eigenvalue weighted by atomic mass is 15.3. The highest BCUT2D eigenvalue weighted by Crippen LogP contribution is 2.42. The molecule has 7 aromatic carbocycles. The molecule has 0 aliphatic heterocycles. The minimum absolute atomic E-state index is 1.02. The van der Waals surface area contributed by atoms with Crippen LogP contribution in [0.4, 0.5) is 34.4 Å². The van der Waals surface area contributed by atoms with Crippen molar-refractivity contribution in [3.8, 4) is 56.1 Å². The van der Waals surface area contributed by atoms with Gasteiger partial charge in [-0.1, -0.05) is 146 Å². The Labute approximate surface area is 385 Å². The van der Waals surface area contributed by atoms with Gasteiger partial charge in [-0.2, -0.15) is 0 Å². The normalized spacial score (nSPS) is 11.0. The third-order valence-electron chi connectivity index (χ3n) is 12.0. The number of para-hydroxylation sites is 2. The zero-order chi connectivity index (χ0) is 44.1. The summed E-state index contributed by atoms with van der Waals surface area (Å²) in [4.78, 5) is 13.3. The number of hydrogen-bond acceptors (Lipinski definition) is 4. The molecule has 0 amide bonds. The van der Waals surface area contributed by atoms with E-state index in [-0.39, 0.29) is 0 Å². The molecule has 0 fully saturated rings. The van der Waals surface area contributed by atoms with E-state index in [9.17, 15) is 0 Å². The van der Waals surface area contributed by atoms with Crippen LogP contribution in [0.15, 0.2) is 267 Å². The van der Waals surface area contributed by atoms with Crippen LogP contribution in [-0.4, -0.2) is 19.1 Å². The standard InChI is InChI=1S/C60H44N6/c1-5-13-49(14-6-1)57-33-35-59(65(57)51-17-9-3-10-18-51)63(55-37-41-61-42-38-55)53-29-25-47(26-30-53)45-21-23-46(24-22-45)48-27-31-54(32-28-48)64(56-39-43-62-44-40-56)60-36-34-58(50-15-7-2-8-16-50)66(60)52-19-11-4-12-20-52/h1-44H. The van der Waals surface area contributed by atoms with Crippen molar-refractivity contribution in [1.29, 1.82) is 0 Å². The molecule has 0 atom stereocenters. The number of anilines is 6. The monoisotopic (exact) mass is 848 g/mol. The SMILES string of the molecule is c1ccc(-c2ccc(N(c3ccncc3)c3ccc(-c4ccc(-c5ccc(N(c6ccncc6)c6ccc(-c7ccccc7)n6-c6ccccc6)cc5)cc4)cc3)n2-c2ccccc2)cc1. The van der Waals surface area contributed by atoms with E-state index in [4.69, 9.17) is 0 Å². The molecule has 11 aromatic rings. The molecule has 0 unspecified atom stereocenters. The fourth-order valence-corrected chi connectivity index (χ4v) is 8.84. The predicted molar refractivity (Wildman–Crippen MR) is 272 cm³/mol. The molecule has 0 radical (unpaired) electrons. The number of pyridine rings is 2. The zero-order valence-corrected chi connectivity index (χ0v) is 36.1. The van der Waals surface area contributed by atoms with Gasteiger partial charge in [0.2, 0.25) is 0 Å². The Kier molecular flexibility index (Phi) is 10.9. The molecule has 0 N–H and O–H groups in total. The summed E-state index contributed by atoms with van der Waals surface area (Å²) < 4.78 is 4.66. The Morgan fingerprint density at radius 1 is 0.242 bits per heavy atom. The molecule has 0 saturated heterocycles. The first-order valence-corrected chi connectivity index (χ1v) is 22.1. The van der Waals surface area contributed by atoms with Crippen LogP contribution in [0.1, 0.15) is 0 Å². The van der Waals surface area contributed by atoms with Gasteiger partial charge in [0.05, 0.1) is 22.8 Å². The number of benzene rings is 7. The summed E-state index contributed by atoms with van der Waals surface area (Å²) in [6, 6.07) is 85.8. The largest absolute Gasteiger partial charge is 0.296 e. The lowest BCUT2D eigenvalue weighted by atomic mass is 9.99. The smallest absolute Gasteiger partial charge is 0.122 e. The van der Waals surface area contributed by atoms with Gasteiger partial charge in [0.25, 0.3) is 0 Å². The fraction of sp³-hybridized carbons (Fsp3) is 0. The summed E-state index contributed by atoms with van der Waals surface area (Å²) in [6.07, 6.45) is 7.40. The Morgan fingerprint density at radius 3 is 0.864 bits per heavy atom. The fourth-order valence-electron chi connectivity index (χ4n) is 8.84. The predicted octanol–water partition coefficient (Wildman–Crippen LogP) is 15.7. The minimum Gasteiger partial charge on any atom is -0.296 e. The van der Waals surface area contributed by atoms with E-state index in [1.165, 1.54) is 0 Å². The van der Waals surface area contributed by atoms with Gasteiger partial charge in [0.1, 0.15) is 11.6 Å². The first-order valence-electron chi connectivity index (χ1n) is 22.1. The Hall–Kier alpha value is -9.00. The van der Waals surface area contributed by atoms with Gasteiger partial charge in [-0.15, -0.1) is 0 Å². The second-order valence-electron chi connectivity index (χ2n) is 16.0. The maximum Gasteiger partial charge on any atom is 0.122 e. The minimum atomic E-state index is 1.02. The number of nitrogens with zero attached hydrogens (tertiary/aromatic N) is 6. The van der Waals surface area contributed by atoms with Crippen LogP contribution in [-0.2, 0) is 0 Å². The van der Waals surface area contributed by atoms with E-state index in [1.54, 1.807) is 0 Å². The van der Waals surface area contributed by atoms with E-state index in [2.05, 4.69) is 272 Å². The molecule has 0 spiro atoms. The third-order valence-corrected chi connectivity index (χ3v) is 12.0. The summed E-state index contributed by atoms with van der Waals surface area (Å²) in [5.74, 6) is 2.06. The number of hydrogen-bond donors (Lipinski definition) is 0. The lowest BCUT2D eigenvalue weighted by Crippen LogP contribution is -2.14. The lowest BCUT2D eigenvalue weighted by molar-refractivity contribution is 1.04. The van der Waals surface area contributed by atoms with E-state index in [0.29, 0.717) is 0 Å². The van der Waals surface area contributed by atoms with Gasteiger partial charge in [0, 0.05) is 47.5 Å². The second kappa shape index (κ2) is 18.0. The maximum atomic E-state index is 4.35. The quantitative estimate of drug-likeness (QED) is 0.123. The highest BCUT2D eigenvalue weighted by Gasteiger charge is 2.22. The van der Waals surface area contributed by atoms with Crippen LogP contribution in [0.5, 0.6) is 0 Å². The Bertz CT molecular complexity index is 3070. The van der Waals surface area contributed by atoms with Crippen LogP contribution < -0.4 is 9.80 Å². The summed E-state index contributed by atoms with van der Waals surface area (Å²) in [7, 11) is 0. The molecule has 0 aliphatic carbocycles. The molecular weight excluding hydrogens is 805 g/mol. The molecule has 0 saturated carbocycles. The number of rotatable bonds is 12. The van der Waals surface area contributed by atoms with Crippen molar-refractivity contribution in [3.05, 3.63) is 267 Å². The maximum absolute atomic E-state index is 4.35. The molecule has 6 heteroatoms. The molecule has 314 valence electrons. The van der Waals surface area contributed by atoms with Crippen molar-refractivity contribution in [2.75, 3.05) is 9.80 Å². The van der Waals surface area contributed by atoms with Gasteiger partial charge in [-0.25, -0.2) is 0 Å². The van der Waals surface area contributed by atoms with E-state index in [0.717, 1.165) is 90.5 Å². The van der Waals surface area contributed by atoms with Crippen molar-refractivity contribution in [2.24, 2.45) is 0 Å². The van der Waals surface area contributed by atoms with Crippen LogP contribution in [0, 0.1) is 0 Å². The molecule has 6 nitrogen and oxygen atoms in total. The number of aromatic nitrogens is 4. The Balaban J connectivity index is 0.900. The lowest BCUT2D eigenvalue weighted by Gasteiger charge is -2.27. The van der Waals surface area contributed by atoms with Crippen molar-refractivity contribution < 1.29 is 0 Å². The van der Waals surface area contributed by atoms with E-state index < -0.39 is 0 Å². The van der Waals surface area contributed by atoms with Gasteiger partial charge in [-0.05, 0) is 130 Å². The molecule has 0 aliphatic rings. The average Bonchev–Trinajstić information content (AvgIpc) is 4.04. The van der Waals surface area contributed by atoms with Gasteiger partial charge in [-0.3, -0.25) is 28.9 Å². The Morgan fingerprint density at radius 2 is 0.530 bits per heavy atom. The second-order valence-corrected chi connectivity index (χ2v) is 16.0. The highest BCUT2D eigenvalue weighted by molar-refractivity contribution is 5.83. The van der Waals surface area contributed by atoms with Crippen molar-refractivity contribution >= 4 is 34.4 Å². The molecule has 11 rings (SSSR count). The van der Waals surface area contributed by atoms with Crippen LogP contribution in [0.25, 0.3) is 56.1 Å². The summed E-state index contributed by atoms with van der Waals surface area (Å²) >= 11 is 0. The summed E-state index contributed by atoms with van der Waals surface area (Å²) in [6.45, 7) is 0. The van der Waals surface area contributed by atoms with Crippen molar-refractivity contribution in [1.82, 2.24) is 19.1 Å². The first-order chi connectivity index (χ1) is 32.8. The van der Waals surface area contributed by atoms with Crippen LogP contribution in [0.2, 0.25) is 0 Å². The van der Waals surface area contributed by atoms with Gasteiger partial charge >= 0.3 is 0 Å². The van der Waals surface area contributed by atoms with Crippen molar-refractivity contribution in [2.45, 2.75) is 0 Å². The average molecular weight is 849 g/mol. The molecule has 4 heterocycles. The summed E-state index contributed by atoms with van der Waals surface area (Å²) in [5, 5.41) is 0. The van der Waals surface area contributed by atoms with Gasteiger partial charge in [0.15, 0.2) is 0 Å². The summed E-state index contributed by atoms with van der Waals surface area (Å²) in [5.41, 5.74) is 15.4. The van der Waals surface area contributed by atoms with E-state index in [1.807, 2.05) is 24.8 Å². The molecule has 66 heavy (non-hydrogen) atoms. The molecular formula is C60H44N6. The van der Waals surface area contributed by atoms with Gasteiger partial charge < -0.3 is 0 Å². The third kappa shape index (κ3) is 7.84. The topological polar surface area (TPSA) is 42.1 Å². The first kappa shape index (κ1) is 39.8. The van der Waals surface area contributed by atoms with Crippen LogP contribution in [0.3, 0.4) is 0 Å². The molecule has 4 aromatic heterocycles. The van der Waals surface area contributed by atoms with Crippen LogP contribution >= 0.6 is 0 Å². The molecule has 0 bridgehead atoms. The zero-order valence-electron chi connectivity index (χ0n) is 36.1. The van der Waals surface area contributed by atoms with E-state index >= 15 is 0 Å².